The predicted octanol–water partition coefficient (Wildman–Crippen LogP) is 15.6. The summed E-state index contributed by atoms with van der Waals surface area (Å²) in [6, 6.07) is 85.2. The van der Waals surface area contributed by atoms with Gasteiger partial charge in [0, 0.05) is 44.0 Å². The van der Waals surface area contributed by atoms with Crippen molar-refractivity contribution in [2.45, 2.75) is 0 Å². The second-order valence-electron chi connectivity index (χ2n) is 16.0. The van der Waals surface area contributed by atoms with E-state index in [1.54, 1.807) is 0 Å². The molecule has 3 aromatic heterocycles. The van der Waals surface area contributed by atoms with Gasteiger partial charge in [-0.1, -0.05) is 170 Å². The molecule has 0 atom stereocenters. The summed E-state index contributed by atoms with van der Waals surface area (Å²) in [5.41, 5.74) is 18.1. The van der Waals surface area contributed by atoms with Gasteiger partial charge < -0.3 is 9.13 Å². The number of hydrogen-bond donors (Lipinski definition) is 0. The van der Waals surface area contributed by atoms with Crippen molar-refractivity contribution >= 4 is 43.6 Å². The average Bonchev–Trinajstić information content (AvgIpc) is 3.87. The molecule has 0 aliphatic rings. The van der Waals surface area contributed by atoms with Crippen LogP contribution in [0.5, 0.6) is 0 Å². The van der Waals surface area contributed by atoms with Crippen LogP contribution in [-0.2, 0) is 0 Å². The van der Waals surface area contributed by atoms with Crippen molar-refractivity contribution in [3.8, 4) is 67.3 Å². The minimum absolute atomic E-state index is 0.938. The molecular weight excluding hydrogens is 751 g/mol. The van der Waals surface area contributed by atoms with Gasteiger partial charge in [0.2, 0.25) is 0 Å². The highest BCUT2D eigenvalue weighted by Crippen LogP contribution is 2.39. The number of rotatable bonds is 7. The van der Waals surface area contributed by atoms with Crippen LogP contribution in [0, 0.1) is 0 Å². The van der Waals surface area contributed by atoms with E-state index >= 15 is 0 Å². The Balaban J connectivity index is 0.996. The molecule has 0 saturated carbocycles. The molecule has 290 valence electrons. The summed E-state index contributed by atoms with van der Waals surface area (Å²) in [4.78, 5) is 5.27. The maximum absolute atomic E-state index is 5.27. The van der Waals surface area contributed by atoms with Crippen LogP contribution in [-0.4, -0.2) is 14.1 Å². The predicted molar refractivity (Wildman–Crippen MR) is 260 cm³/mol. The highest BCUT2D eigenvalue weighted by Gasteiger charge is 2.18. The van der Waals surface area contributed by atoms with Gasteiger partial charge in [-0.15, -0.1) is 0 Å². The van der Waals surface area contributed by atoms with E-state index in [1.165, 1.54) is 65.9 Å². The van der Waals surface area contributed by atoms with Crippen LogP contribution < -0.4 is 0 Å². The van der Waals surface area contributed by atoms with E-state index in [1.807, 2.05) is 0 Å². The molecule has 0 spiro atoms. The van der Waals surface area contributed by atoms with Crippen LogP contribution in [0.2, 0.25) is 0 Å². The lowest BCUT2D eigenvalue weighted by Gasteiger charge is -2.13. The summed E-state index contributed by atoms with van der Waals surface area (Å²) in [6.07, 6.45) is 0. The minimum atomic E-state index is 0.938. The zero-order valence-corrected chi connectivity index (χ0v) is 33.9. The van der Waals surface area contributed by atoms with Gasteiger partial charge in [-0.3, -0.25) is 0 Å². The van der Waals surface area contributed by atoms with Crippen molar-refractivity contribution in [3.63, 3.8) is 0 Å². The molecule has 12 rings (SSSR count). The van der Waals surface area contributed by atoms with Crippen LogP contribution in [0.3, 0.4) is 0 Å². The van der Waals surface area contributed by atoms with Crippen LogP contribution in [0.1, 0.15) is 0 Å². The molecule has 0 radical (unpaired) electrons. The highest BCUT2D eigenvalue weighted by molar-refractivity contribution is 6.12. The molecule has 3 heteroatoms. The molecule has 0 unspecified atom stereocenters. The Hall–Kier alpha value is -8.27. The third kappa shape index (κ3) is 6.10. The summed E-state index contributed by atoms with van der Waals surface area (Å²) >= 11 is 0. The Labute approximate surface area is 360 Å². The van der Waals surface area contributed by atoms with Crippen LogP contribution >= 0.6 is 0 Å². The quantitative estimate of drug-likeness (QED) is 0.158. The Morgan fingerprint density at radius 2 is 0.661 bits per heavy atom. The molecule has 0 aliphatic heterocycles. The average molecular weight is 790 g/mol. The molecule has 0 amide bonds. The van der Waals surface area contributed by atoms with Crippen molar-refractivity contribution in [1.82, 2.24) is 14.1 Å². The summed E-state index contributed by atoms with van der Waals surface area (Å²) in [5.74, 6) is 0. The van der Waals surface area contributed by atoms with E-state index in [9.17, 15) is 0 Å². The summed E-state index contributed by atoms with van der Waals surface area (Å²) in [5, 5.41) is 4.92. The van der Waals surface area contributed by atoms with Crippen molar-refractivity contribution < 1.29 is 0 Å². The SMILES string of the molecule is c1ccc(-c2cccc(-n3c4ccccc4c4cc(-c5ccc6c7ccccc7n(-c7cccc(-c8cc(-c9ccccc9)cc(-c9ccccc9)n8)c7)c6c5)ccc43)c2)cc1. The smallest absolute Gasteiger partial charge is 0.0716 e. The monoisotopic (exact) mass is 789 g/mol. The largest absolute Gasteiger partial charge is 0.309 e. The number of benzene rings is 9. The van der Waals surface area contributed by atoms with Crippen LogP contribution in [0.15, 0.2) is 237 Å². The molecular formula is C59H39N3. The first-order valence-corrected chi connectivity index (χ1v) is 21.2. The summed E-state index contributed by atoms with van der Waals surface area (Å²) < 4.78 is 4.82. The molecule has 0 aliphatic carbocycles. The molecule has 0 fully saturated rings. The summed E-state index contributed by atoms with van der Waals surface area (Å²) in [7, 11) is 0. The van der Waals surface area contributed by atoms with Gasteiger partial charge in [0.15, 0.2) is 0 Å². The summed E-state index contributed by atoms with van der Waals surface area (Å²) in [6.45, 7) is 0. The van der Waals surface area contributed by atoms with Crippen LogP contribution in [0.25, 0.3) is 111 Å². The minimum Gasteiger partial charge on any atom is -0.309 e. The standard InChI is InChI=1S/C59H39N3/c1-4-16-40(17-5-1)43-22-14-24-48(34-43)61-57-29-13-11-27-51(57)53-36-44(31-33-58(53)61)45-30-32-52-50-26-10-12-28-56(50)62(59(52)39-45)49-25-15-23-46(35-49)55-38-47(41-18-6-2-7-19-41)37-54(60-55)42-20-8-3-9-21-42/h1-39H. The third-order valence-electron chi connectivity index (χ3n) is 12.3. The van der Waals surface area contributed by atoms with Gasteiger partial charge in [0.1, 0.15) is 0 Å². The number of nitrogens with zero attached hydrogens (tertiary/aromatic N) is 3. The van der Waals surface area contributed by atoms with Gasteiger partial charge in [-0.25, -0.2) is 4.98 Å². The van der Waals surface area contributed by atoms with Gasteiger partial charge >= 0.3 is 0 Å². The van der Waals surface area contributed by atoms with Gasteiger partial charge in [-0.2, -0.15) is 0 Å². The highest BCUT2D eigenvalue weighted by atomic mass is 15.0. The third-order valence-corrected chi connectivity index (χ3v) is 12.3. The Kier molecular flexibility index (Phi) is 8.50. The van der Waals surface area contributed by atoms with Gasteiger partial charge in [0.25, 0.3) is 0 Å². The Bertz CT molecular complexity index is 3560. The van der Waals surface area contributed by atoms with E-state index in [0.29, 0.717) is 0 Å². The molecule has 3 nitrogen and oxygen atoms in total. The van der Waals surface area contributed by atoms with Crippen molar-refractivity contribution in [3.05, 3.63) is 237 Å². The first-order chi connectivity index (χ1) is 30.7. The molecule has 3 heterocycles. The van der Waals surface area contributed by atoms with Crippen LogP contribution in [0.4, 0.5) is 0 Å². The lowest BCUT2D eigenvalue weighted by atomic mass is 10.00. The number of fused-ring (bicyclic) bond motifs is 6. The van der Waals surface area contributed by atoms with Crippen molar-refractivity contribution in [2.24, 2.45) is 0 Å². The van der Waals surface area contributed by atoms with E-state index in [-0.39, 0.29) is 0 Å². The fourth-order valence-corrected chi connectivity index (χ4v) is 9.35. The Morgan fingerprint density at radius 1 is 0.226 bits per heavy atom. The number of para-hydroxylation sites is 2. The Morgan fingerprint density at radius 3 is 1.34 bits per heavy atom. The van der Waals surface area contributed by atoms with E-state index in [4.69, 9.17) is 4.98 Å². The molecule has 0 N–H and O–H groups in total. The van der Waals surface area contributed by atoms with E-state index in [2.05, 4.69) is 246 Å². The second kappa shape index (κ2) is 14.8. The molecule has 9 aromatic carbocycles. The van der Waals surface area contributed by atoms with E-state index in [0.717, 1.165) is 45.0 Å². The zero-order valence-electron chi connectivity index (χ0n) is 33.9. The molecule has 0 bridgehead atoms. The lowest BCUT2D eigenvalue weighted by Crippen LogP contribution is -1.96. The molecule has 0 saturated heterocycles. The zero-order chi connectivity index (χ0) is 41.0. The van der Waals surface area contributed by atoms with Crippen molar-refractivity contribution in [1.29, 1.82) is 0 Å². The van der Waals surface area contributed by atoms with E-state index < -0.39 is 0 Å². The molecule has 12 aromatic rings. The number of hydrogen-bond acceptors (Lipinski definition) is 1. The van der Waals surface area contributed by atoms with Crippen molar-refractivity contribution in [2.75, 3.05) is 0 Å². The fourth-order valence-electron chi connectivity index (χ4n) is 9.35. The second-order valence-corrected chi connectivity index (χ2v) is 16.0. The lowest BCUT2D eigenvalue weighted by molar-refractivity contribution is 1.18. The normalized spacial score (nSPS) is 11.5. The van der Waals surface area contributed by atoms with Gasteiger partial charge in [0.05, 0.1) is 33.5 Å². The number of pyridine rings is 1. The number of aromatic nitrogens is 3. The molecule has 62 heavy (non-hydrogen) atoms. The topological polar surface area (TPSA) is 22.8 Å². The maximum Gasteiger partial charge on any atom is 0.0716 e. The first kappa shape index (κ1) is 35.7. The van der Waals surface area contributed by atoms with Gasteiger partial charge in [-0.05, 0) is 100 Å². The maximum atomic E-state index is 5.27. The fraction of sp³-hybridized carbons (Fsp3) is 0. The first-order valence-electron chi connectivity index (χ1n) is 21.2.